The molecule has 0 saturated carbocycles. The molecule has 64 valence electrons. The lowest BCUT2D eigenvalue weighted by Gasteiger charge is -2.01. The van der Waals surface area contributed by atoms with Crippen molar-refractivity contribution in [2.75, 3.05) is 5.32 Å². The second-order valence-corrected chi connectivity index (χ2v) is 3.03. The van der Waals surface area contributed by atoms with Crippen LogP contribution in [0.2, 0.25) is 0 Å². The van der Waals surface area contributed by atoms with Crippen molar-refractivity contribution in [1.29, 1.82) is 0 Å². The molecule has 0 heterocycles. The Balaban J connectivity index is 2.71. The Morgan fingerprint density at radius 3 is 2.42 bits per heavy atom. The van der Waals surface area contributed by atoms with Crippen molar-refractivity contribution >= 4 is 23.5 Å². The van der Waals surface area contributed by atoms with Gasteiger partial charge in [-0.1, -0.05) is 0 Å². The summed E-state index contributed by atoms with van der Waals surface area (Å²) in [5, 5.41) is 8.00. The fourth-order valence-corrected chi connectivity index (χ4v) is 1.11. The van der Waals surface area contributed by atoms with E-state index in [0.29, 0.717) is 0 Å². The molecule has 4 heteroatoms. The minimum Gasteiger partial charge on any atom is -0.326 e. The lowest BCUT2D eigenvalue weighted by molar-refractivity contribution is -0.114. The van der Waals surface area contributed by atoms with E-state index in [1.807, 2.05) is 24.3 Å². The number of nitrogens with two attached hydrogens (primary N) is 1. The van der Waals surface area contributed by atoms with Crippen LogP contribution in [0.4, 0.5) is 5.69 Å². The Kier molecular flexibility index (Phi) is 3.13. The van der Waals surface area contributed by atoms with E-state index in [9.17, 15) is 4.79 Å². The first-order valence-electron chi connectivity index (χ1n) is 3.47. The highest BCUT2D eigenvalue weighted by molar-refractivity contribution is 7.97. The molecule has 0 bridgehead atoms. The monoisotopic (exact) mass is 182 g/mol. The van der Waals surface area contributed by atoms with E-state index in [1.54, 1.807) is 0 Å². The molecule has 0 atom stereocenters. The number of nitrogens with one attached hydrogen (secondary N) is 1. The van der Waals surface area contributed by atoms with Crippen LogP contribution >= 0.6 is 11.9 Å². The number of rotatable bonds is 2. The maximum absolute atomic E-state index is 10.6. The summed E-state index contributed by atoms with van der Waals surface area (Å²) in [4.78, 5) is 11.6. The van der Waals surface area contributed by atoms with E-state index in [-0.39, 0.29) is 5.91 Å². The first-order valence-corrected chi connectivity index (χ1v) is 4.34. The zero-order valence-electron chi connectivity index (χ0n) is 6.70. The molecule has 1 amide bonds. The Morgan fingerprint density at radius 1 is 1.42 bits per heavy atom. The van der Waals surface area contributed by atoms with E-state index in [2.05, 4.69) is 5.32 Å². The predicted octanol–water partition coefficient (Wildman–Crippen LogP) is 1.61. The van der Waals surface area contributed by atoms with Gasteiger partial charge in [-0.15, -0.1) is 0 Å². The summed E-state index contributed by atoms with van der Waals surface area (Å²) >= 11 is 1.18. The van der Waals surface area contributed by atoms with Crippen LogP contribution in [0.15, 0.2) is 29.2 Å². The molecule has 1 aromatic carbocycles. The zero-order valence-corrected chi connectivity index (χ0v) is 7.52. The molecule has 0 aromatic heterocycles. The fraction of sp³-hybridized carbons (Fsp3) is 0.125. The second kappa shape index (κ2) is 4.13. The van der Waals surface area contributed by atoms with Crippen LogP contribution in [-0.4, -0.2) is 5.91 Å². The van der Waals surface area contributed by atoms with Crippen LogP contribution in [-0.2, 0) is 4.79 Å². The maximum Gasteiger partial charge on any atom is 0.221 e. The van der Waals surface area contributed by atoms with Gasteiger partial charge in [0.25, 0.3) is 0 Å². The van der Waals surface area contributed by atoms with E-state index in [4.69, 9.17) is 5.14 Å². The molecular formula is C8H10N2OS. The van der Waals surface area contributed by atoms with Gasteiger partial charge in [0, 0.05) is 17.5 Å². The van der Waals surface area contributed by atoms with Crippen LogP contribution in [0.3, 0.4) is 0 Å². The summed E-state index contributed by atoms with van der Waals surface area (Å²) < 4.78 is 0. The molecule has 0 saturated heterocycles. The Hall–Kier alpha value is -1.00. The third-order valence-electron chi connectivity index (χ3n) is 1.31. The molecular weight excluding hydrogens is 172 g/mol. The molecule has 3 N–H and O–H groups in total. The standard InChI is InChI=1S/C8H10N2OS/c1-6(11)10-7-2-4-8(12-9)5-3-7/h2-5H,9H2,1H3,(H,10,11). The molecule has 0 unspecified atom stereocenters. The molecule has 0 spiro atoms. The Bertz CT molecular complexity index is 271. The zero-order chi connectivity index (χ0) is 8.97. The smallest absolute Gasteiger partial charge is 0.221 e. The second-order valence-electron chi connectivity index (χ2n) is 2.32. The number of carbonyl (C=O) groups is 1. The predicted molar refractivity (Wildman–Crippen MR) is 50.8 cm³/mol. The van der Waals surface area contributed by atoms with Gasteiger partial charge in [-0.3, -0.25) is 9.93 Å². The third-order valence-corrected chi connectivity index (χ3v) is 1.86. The van der Waals surface area contributed by atoms with Crippen LogP contribution in [0, 0.1) is 0 Å². The lowest BCUT2D eigenvalue weighted by Crippen LogP contribution is -2.05. The SMILES string of the molecule is CC(=O)Nc1ccc(SN)cc1. The number of carbonyl (C=O) groups excluding carboxylic acids is 1. The summed E-state index contributed by atoms with van der Waals surface area (Å²) in [6, 6.07) is 7.35. The normalized spacial score (nSPS) is 9.50. The van der Waals surface area contributed by atoms with Gasteiger partial charge in [-0.2, -0.15) is 0 Å². The fourth-order valence-electron chi connectivity index (χ4n) is 0.820. The third kappa shape index (κ3) is 2.56. The minimum absolute atomic E-state index is 0.0665. The molecule has 0 radical (unpaired) electrons. The molecule has 3 nitrogen and oxygen atoms in total. The summed E-state index contributed by atoms with van der Waals surface area (Å²) in [7, 11) is 0. The van der Waals surface area contributed by atoms with Gasteiger partial charge in [-0.05, 0) is 36.2 Å². The van der Waals surface area contributed by atoms with Gasteiger partial charge >= 0.3 is 0 Å². The quantitative estimate of drug-likeness (QED) is 0.683. The van der Waals surface area contributed by atoms with E-state index >= 15 is 0 Å². The van der Waals surface area contributed by atoms with Crippen molar-refractivity contribution in [2.45, 2.75) is 11.8 Å². The molecule has 12 heavy (non-hydrogen) atoms. The molecule has 0 fully saturated rings. The van der Waals surface area contributed by atoms with Gasteiger partial charge in [0.15, 0.2) is 0 Å². The van der Waals surface area contributed by atoms with E-state index in [0.717, 1.165) is 10.6 Å². The van der Waals surface area contributed by atoms with Gasteiger partial charge in [-0.25, -0.2) is 0 Å². The molecule has 0 aliphatic rings. The van der Waals surface area contributed by atoms with Gasteiger partial charge in [0.05, 0.1) is 0 Å². The summed E-state index contributed by atoms with van der Waals surface area (Å²) in [6.07, 6.45) is 0. The van der Waals surface area contributed by atoms with Gasteiger partial charge in [0.1, 0.15) is 0 Å². The summed E-state index contributed by atoms with van der Waals surface area (Å²) in [6.45, 7) is 1.48. The number of benzene rings is 1. The van der Waals surface area contributed by atoms with Gasteiger partial charge in [0.2, 0.25) is 5.91 Å². The van der Waals surface area contributed by atoms with Crippen molar-refractivity contribution in [3.63, 3.8) is 0 Å². The average Bonchev–Trinajstić information content (AvgIpc) is 2.05. The molecule has 0 aliphatic carbocycles. The van der Waals surface area contributed by atoms with Crippen LogP contribution in [0.5, 0.6) is 0 Å². The van der Waals surface area contributed by atoms with Crippen molar-refractivity contribution < 1.29 is 4.79 Å². The van der Waals surface area contributed by atoms with Crippen molar-refractivity contribution in [2.24, 2.45) is 5.14 Å². The highest BCUT2D eigenvalue weighted by atomic mass is 32.2. The number of hydrogen-bond acceptors (Lipinski definition) is 3. The van der Waals surface area contributed by atoms with Gasteiger partial charge < -0.3 is 5.32 Å². The maximum atomic E-state index is 10.6. The molecule has 1 rings (SSSR count). The van der Waals surface area contributed by atoms with Crippen LogP contribution in [0.1, 0.15) is 6.92 Å². The first kappa shape index (κ1) is 9.09. The number of hydrogen-bond donors (Lipinski definition) is 2. The summed E-state index contributed by atoms with van der Waals surface area (Å²) in [5.74, 6) is -0.0665. The average molecular weight is 182 g/mol. The van der Waals surface area contributed by atoms with Crippen molar-refractivity contribution in [3.8, 4) is 0 Å². The Morgan fingerprint density at radius 2 is 2.00 bits per heavy atom. The number of anilines is 1. The molecule has 0 aliphatic heterocycles. The minimum atomic E-state index is -0.0665. The van der Waals surface area contributed by atoms with E-state index < -0.39 is 0 Å². The van der Waals surface area contributed by atoms with Crippen molar-refractivity contribution in [3.05, 3.63) is 24.3 Å². The lowest BCUT2D eigenvalue weighted by atomic mass is 10.3. The molecule has 1 aromatic rings. The first-order chi connectivity index (χ1) is 5.72. The highest BCUT2D eigenvalue weighted by Gasteiger charge is 1.94. The topological polar surface area (TPSA) is 55.1 Å². The number of amides is 1. The van der Waals surface area contributed by atoms with Crippen LogP contribution in [0.25, 0.3) is 0 Å². The largest absolute Gasteiger partial charge is 0.326 e. The highest BCUT2D eigenvalue weighted by Crippen LogP contribution is 2.15. The van der Waals surface area contributed by atoms with E-state index in [1.165, 1.54) is 18.9 Å². The summed E-state index contributed by atoms with van der Waals surface area (Å²) in [5.41, 5.74) is 0.792. The Labute approximate surface area is 75.5 Å². The van der Waals surface area contributed by atoms with Crippen LogP contribution < -0.4 is 10.5 Å². The van der Waals surface area contributed by atoms with Crippen molar-refractivity contribution in [1.82, 2.24) is 0 Å².